The fourth-order valence-electron chi connectivity index (χ4n) is 4.99. The van der Waals surface area contributed by atoms with Gasteiger partial charge in [-0.05, 0) is 30.5 Å². The van der Waals surface area contributed by atoms with E-state index in [1.807, 2.05) is 29.8 Å². The predicted octanol–water partition coefficient (Wildman–Crippen LogP) is 3.01. The highest BCUT2D eigenvalue weighted by molar-refractivity contribution is 7.91. The van der Waals surface area contributed by atoms with Crippen LogP contribution >= 0.6 is 11.3 Å². The summed E-state index contributed by atoms with van der Waals surface area (Å²) in [5, 5.41) is 21.2. The normalized spacial score (nSPS) is 21.4. The van der Waals surface area contributed by atoms with Gasteiger partial charge in [-0.15, -0.1) is 11.3 Å². The summed E-state index contributed by atoms with van der Waals surface area (Å²) >= 11 is 1.44. The summed E-state index contributed by atoms with van der Waals surface area (Å²) in [5.41, 5.74) is 1.94. The van der Waals surface area contributed by atoms with Crippen molar-refractivity contribution in [1.82, 2.24) is 29.6 Å². The Morgan fingerprint density at radius 3 is 2.74 bits per heavy atom. The van der Waals surface area contributed by atoms with Gasteiger partial charge >= 0.3 is 0 Å². The van der Waals surface area contributed by atoms with Gasteiger partial charge in [-0.3, -0.25) is 9.48 Å². The van der Waals surface area contributed by atoms with Crippen LogP contribution in [-0.2, 0) is 20.2 Å². The number of rotatable bonds is 6. The van der Waals surface area contributed by atoms with Crippen molar-refractivity contribution in [3.8, 4) is 22.0 Å². The van der Waals surface area contributed by atoms with Crippen molar-refractivity contribution in [1.29, 1.82) is 0 Å². The van der Waals surface area contributed by atoms with E-state index in [9.17, 15) is 18.3 Å². The number of amides is 1. The van der Waals surface area contributed by atoms with E-state index in [0.717, 1.165) is 11.3 Å². The van der Waals surface area contributed by atoms with Crippen LogP contribution in [0.2, 0.25) is 0 Å². The minimum atomic E-state index is -2.93. The molecule has 0 unspecified atom stereocenters. The van der Waals surface area contributed by atoms with Crippen molar-refractivity contribution in [2.24, 2.45) is 0 Å². The molecule has 6 rings (SSSR count). The minimum Gasteiger partial charge on any atom is -0.375 e. The second kappa shape index (κ2) is 9.81. The van der Waals surface area contributed by atoms with Crippen molar-refractivity contribution in [2.75, 3.05) is 30.4 Å². The molecule has 3 aromatic heterocycles. The van der Waals surface area contributed by atoms with Gasteiger partial charge in [0.15, 0.2) is 5.60 Å². The topological polar surface area (TPSA) is 143 Å². The van der Waals surface area contributed by atoms with Gasteiger partial charge in [-0.2, -0.15) is 5.10 Å². The molecule has 4 aromatic rings. The van der Waals surface area contributed by atoms with Gasteiger partial charge in [0.05, 0.1) is 35.1 Å². The Morgan fingerprint density at radius 2 is 1.97 bits per heavy atom. The fraction of sp³-hybridized carbons (Fsp3) is 0.346. The van der Waals surface area contributed by atoms with Crippen LogP contribution in [0.3, 0.4) is 0 Å². The van der Waals surface area contributed by atoms with E-state index in [4.69, 9.17) is 4.98 Å². The Balaban J connectivity index is 1.18. The molecule has 39 heavy (non-hydrogen) atoms. The molecule has 0 spiro atoms. The third-order valence-electron chi connectivity index (χ3n) is 7.28. The number of sulfone groups is 1. The number of hydrogen-bond donors (Lipinski definition) is 2. The fourth-order valence-corrected chi connectivity index (χ4v) is 7.26. The Morgan fingerprint density at radius 1 is 1.15 bits per heavy atom. The number of aliphatic hydroxyl groups is 1. The number of aromatic nitrogens is 5. The van der Waals surface area contributed by atoms with Gasteiger partial charge < -0.3 is 15.3 Å². The average Bonchev–Trinajstić information content (AvgIpc) is 3.67. The summed E-state index contributed by atoms with van der Waals surface area (Å²) in [7, 11) is -1.24. The van der Waals surface area contributed by atoms with Gasteiger partial charge in [0, 0.05) is 43.4 Å². The summed E-state index contributed by atoms with van der Waals surface area (Å²) in [6, 6.07) is 9.16. The number of carbonyl (C=O) groups excluding carboxylic acids is 1. The van der Waals surface area contributed by atoms with Crippen molar-refractivity contribution >= 4 is 38.7 Å². The number of likely N-dealkylation sites (tertiary alicyclic amines) is 1. The summed E-state index contributed by atoms with van der Waals surface area (Å²) in [5.74, 6) is 0.462. The maximum Gasteiger partial charge on any atom is 0.258 e. The molecule has 2 aliphatic heterocycles. The van der Waals surface area contributed by atoms with Gasteiger partial charge in [0.2, 0.25) is 5.95 Å². The number of nitrogens with zero attached hydrogens (tertiary/aromatic N) is 6. The zero-order valence-corrected chi connectivity index (χ0v) is 22.8. The van der Waals surface area contributed by atoms with Crippen LogP contribution in [0.15, 0.2) is 54.3 Å². The van der Waals surface area contributed by atoms with Crippen LogP contribution in [0, 0.1) is 0 Å². The molecule has 1 amide bonds. The van der Waals surface area contributed by atoms with E-state index in [0.29, 0.717) is 53.7 Å². The zero-order valence-electron chi connectivity index (χ0n) is 21.2. The molecular weight excluding hydrogens is 538 g/mol. The van der Waals surface area contributed by atoms with Gasteiger partial charge in [0.1, 0.15) is 20.5 Å². The van der Waals surface area contributed by atoms with Crippen LogP contribution in [0.4, 0.5) is 11.6 Å². The smallest absolute Gasteiger partial charge is 0.258 e. The van der Waals surface area contributed by atoms with Crippen LogP contribution in [-0.4, -0.2) is 74.2 Å². The van der Waals surface area contributed by atoms with Crippen molar-refractivity contribution < 1.29 is 18.3 Å². The lowest BCUT2D eigenvalue weighted by Crippen LogP contribution is -2.36. The number of nitrogens with one attached hydrogen (secondary N) is 1. The quantitative estimate of drug-likeness (QED) is 0.361. The number of carbonyl (C=O) groups is 1. The molecule has 1 aromatic carbocycles. The average molecular weight is 566 g/mol. The van der Waals surface area contributed by atoms with Crippen LogP contribution < -0.4 is 5.32 Å². The molecule has 2 N–H and O–H groups in total. The van der Waals surface area contributed by atoms with Crippen molar-refractivity contribution in [3.63, 3.8) is 0 Å². The third kappa shape index (κ3) is 5.04. The number of likely N-dealkylation sites (N-methyl/N-ethyl adjacent to an activating group) is 1. The summed E-state index contributed by atoms with van der Waals surface area (Å²) in [6.07, 6.45) is 6.63. The zero-order chi connectivity index (χ0) is 27.2. The van der Waals surface area contributed by atoms with Crippen molar-refractivity contribution in [3.05, 3.63) is 59.9 Å². The van der Waals surface area contributed by atoms with Crippen LogP contribution in [0.1, 0.15) is 30.9 Å². The number of hydrogen-bond acceptors (Lipinski definition) is 10. The molecule has 2 aliphatic rings. The van der Waals surface area contributed by atoms with Crippen LogP contribution in [0.25, 0.3) is 22.0 Å². The lowest BCUT2D eigenvalue weighted by Gasteiger charge is -2.22. The maximum atomic E-state index is 12.5. The first-order chi connectivity index (χ1) is 18.7. The standard InChI is InChI=1S/C26H27N7O4S2/c1-32-10-8-26(35,24(32)34)18-4-2-3-17(13-18)22-16-38-23(30-22)21-5-9-27-25(31-21)29-19-14-28-33(15-19)20-6-11-39(36,37)12-7-20/h2-5,9,13-16,20,35H,6-8,10-12H2,1H3,(H,27,29,31)/t26-/m1/s1. The highest BCUT2D eigenvalue weighted by Crippen LogP contribution is 2.35. The molecule has 202 valence electrons. The third-order valence-corrected chi connectivity index (χ3v) is 9.86. The first kappa shape index (κ1) is 25.6. The Kier molecular flexibility index (Phi) is 6.44. The lowest BCUT2D eigenvalue weighted by molar-refractivity contribution is -0.143. The first-order valence-electron chi connectivity index (χ1n) is 12.6. The molecule has 1 atom stereocenters. The van der Waals surface area contributed by atoms with E-state index >= 15 is 0 Å². The summed E-state index contributed by atoms with van der Waals surface area (Å²) in [6.45, 7) is 0.510. The molecule has 0 saturated carbocycles. The Labute approximate surface area is 229 Å². The van der Waals surface area contributed by atoms with Crippen LogP contribution in [0.5, 0.6) is 0 Å². The largest absolute Gasteiger partial charge is 0.375 e. The van der Waals surface area contributed by atoms with Crippen molar-refractivity contribution in [2.45, 2.75) is 30.9 Å². The maximum absolute atomic E-state index is 12.5. The SMILES string of the molecule is CN1CC[C@@](O)(c2cccc(-c3csc(-c4ccnc(Nc5cnn(C6CCS(=O)(=O)CC6)c5)n4)n3)c2)C1=O. The van der Waals surface area contributed by atoms with E-state index in [1.165, 1.54) is 11.3 Å². The minimum absolute atomic E-state index is 0.0528. The second-order valence-electron chi connectivity index (χ2n) is 9.94. The first-order valence-corrected chi connectivity index (χ1v) is 15.3. The van der Waals surface area contributed by atoms with Gasteiger partial charge in [-0.1, -0.05) is 18.2 Å². The molecule has 0 aliphatic carbocycles. The number of thiazole rings is 1. The van der Waals surface area contributed by atoms with E-state index < -0.39 is 15.4 Å². The second-order valence-corrected chi connectivity index (χ2v) is 13.1. The number of benzene rings is 1. The van der Waals surface area contributed by atoms with Gasteiger partial charge in [0.25, 0.3) is 5.91 Å². The highest BCUT2D eigenvalue weighted by atomic mass is 32.2. The lowest BCUT2D eigenvalue weighted by atomic mass is 9.90. The highest BCUT2D eigenvalue weighted by Gasteiger charge is 2.45. The summed E-state index contributed by atoms with van der Waals surface area (Å²) < 4.78 is 25.2. The molecule has 0 bridgehead atoms. The number of anilines is 2. The molecule has 13 heteroatoms. The van der Waals surface area contributed by atoms with E-state index in [2.05, 4.69) is 20.4 Å². The van der Waals surface area contributed by atoms with Gasteiger partial charge in [-0.25, -0.2) is 23.4 Å². The molecule has 11 nitrogen and oxygen atoms in total. The Hall–Kier alpha value is -3.68. The van der Waals surface area contributed by atoms with E-state index in [-0.39, 0.29) is 23.5 Å². The molecule has 0 radical (unpaired) electrons. The molecule has 5 heterocycles. The monoisotopic (exact) mass is 565 g/mol. The molecular formula is C26H27N7O4S2. The molecule has 2 saturated heterocycles. The predicted molar refractivity (Wildman–Crippen MR) is 147 cm³/mol. The van der Waals surface area contributed by atoms with E-state index in [1.54, 1.807) is 41.2 Å². The molecule has 2 fully saturated rings. The summed E-state index contributed by atoms with van der Waals surface area (Å²) in [4.78, 5) is 27.8. The Bertz CT molecular complexity index is 1640.